The Morgan fingerprint density at radius 3 is 2.82 bits per heavy atom. The molecule has 0 atom stereocenters. The smallest absolute Gasteiger partial charge is 0.272 e. The molecule has 0 saturated heterocycles. The SMILES string of the molecule is O=C(c1ccccn1)N(CCCCl)C1CCC1. The third-order valence-corrected chi connectivity index (χ3v) is 3.46. The molecule has 1 saturated carbocycles. The highest BCUT2D eigenvalue weighted by molar-refractivity contribution is 6.17. The molecule has 1 aromatic heterocycles. The number of carbonyl (C=O) groups is 1. The summed E-state index contributed by atoms with van der Waals surface area (Å²) in [5, 5.41) is 0. The number of hydrogen-bond acceptors (Lipinski definition) is 2. The molecular formula is C13H17ClN2O. The minimum atomic E-state index is 0.0421. The molecule has 0 spiro atoms. The second kappa shape index (κ2) is 6.01. The molecule has 1 aliphatic carbocycles. The number of carbonyl (C=O) groups excluding carboxylic acids is 1. The van der Waals surface area contributed by atoms with E-state index in [4.69, 9.17) is 11.6 Å². The lowest BCUT2D eigenvalue weighted by atomic mass is 9.91. The average molecular weight is 253 g/mol. The molecule has 1 aliphatic rings. The molecule has 0 unspecified atom stereocenters. The summed E-state index contributed by atoms with van der Waals surface area (Å²) in [6.45, 7) is 0.740. The van der Waals surface area contributed by atoms with E-state index < -0.39 is 0 Å². The van der Waals surface area contributed by atoms with E-state index >= 15 is 0 Å². The predicted molar refractivity (Wildman–Crippen MR) is 68.2 cm³/mol. The maximum Gasteiger partial charge on any atom is 0.272 e. The summed E-state index contributed by atoms with van der Waals surface area (Å²) in [5.41, 5.74) is 0.536. The molecule has 2 rings (SSSR count). The van der Waals surface area contributed by atoms with Crippen molar-refractivity contribution in [3.8, 4) is 0 Å². The van der Waals surface area contributed by atoms with Crippen LogP contribution in [0.1, 0.15) is 36.2 Å². The first-order valence-electron chi connectivity index (χ1n) is 6.11. The van der Waals surface area contributed by atoms with Gasteiger partial charge in [0.15, 0.2) is 0 Å². The third-order valence-electron chi connectivity index (χ3n) is 3.19. The van der Waals surface area contributed by atoms with Gasteiger partial charge in [-0.25, -0.2) is 0 Å². The van der Waals surface area contributed by atoms with Crippen LogP contribution >= 0.6 is 11.6 Å². The first-order valence-corrected chi connectivity index (χ1v) is 6.64. The molecule has 4 heteroatoms. The number of rotatable bonds is 5. The van der Waals surface area contributed by atoms with Crippen molar-refractivity contribution in [1.29, 1.82) is 0 Å². The molecule has 0 aliphatic heterocycles. The van der Waals surface area contributed by atoms with E-state index in [2.05, 4.69) is 4.98 Å². The van der Waals surface area contributed by atoms with Gasteiger partial charge < -0.3 is 4.90 Å². The second-order valence-electron chi connectivity index (χ2n) is 4.34. The number of alkyl halides is 1. The van der Waals surface area contributed by atoms with E-state index in [1.54, 1.807) is 12.3 Å². The lowest BCUT2D eigenvalue weighted by molar-refractivity contribution is 0.0575. The van der Waals surface area contributed by atoms with Gasteiger partial charge in [-0.1, -0.05) is 6.07 Å². The predicted octanol–water partition coefficient (Wildman–Crippen LogP) is 2.71. The van der Waals surface area contributed by atoms with Gasteiger partial charge in [0.25, 0.3) is 5.91 Å². The minimum Gasteiger partial charge on any atom is -0.334 e. The van der Waals surface area contributed by atoms with Crippen LogP contribution in [-0.4, -0.2) is 34.3 Å². The van der Waals surface area contributed by atoms with Crippen molar-refractivity contribution in [3.05, 3.63) is 30.1 Å². The quantitative estimate of drug-likeness (QED) is 0.755. The maximum atomic E-state index is 12.3. The third kappa shape index (κ3) is 2.97. The highest BCUT2D eigenvalue weighted by Crippen LogP contribution is 2.26. The van der Waals surface area contributed by atoms with Crippen molar-refractivity contribution < 1.29 is 4.79 Å². The van der Waals surface area contributed by atoms with Gasteiger partial charge in [-0.3, -0.25) is 9.78 Å². The molecule has 92 valence electrons. The lowest BCUT2D eigenvalue weighted by Crippen LogP contribution is -2.45. The van der Waals surface area contributed by atoms with Gasteiger partial charge in [0, 0.05) is 24.7 Å². The molecule has 1 aromatic rings. The fourth-order valence-electron chi connectivity index (χ4n) is 2.01. The number of aromatic nitrogens is 1. The van der Waals surface area contributed by atoms with Crippen LogP contribution in [0, 0.1) is 0 Å². The Morgan fingerprint density at radius 2 is 2.29 bits per heavy atom. The van der Waals surface area contributed by atoms with Crippen molar-refractivity contribution >= 4 is 17.5 Å². The number of pyridine rings is 1. The fraction of sp³-hybridized carbons (Fsp3) is 0.538. The molecule has 0 bridgehead atoms. The van der Waals surface area contributed by atoms with E-state index in [-0.39, 0.29) is 5.91 Å². The summed E-state index contributed by atoms with van der Waals surface area (Å²) in [6, 6.07) is 5.84. The fourth-order valence-corrected chi connectivity index (χ4v) is 2.13. The number of amides is 1. The maximum absolute atomic E-state index is 12.3. The molecule has 1 amide bonds. The normalized spacial score (nSPS) is 15.4. The summed E-state index contributed by atoms with van der Waals surface area (Å²) in [7, 11) is 0. The van der Waals surface area contributed by atoms with Gasteiger partial charge in [-0.2, -0.15) is 0 Å². The van der Waals surface area contributed by atoms with E-state index in [9.17, 15) is 4.79 Å². The lowest BCUT2D eigenvalue weighted by Gasteiger charge is -2.37. The summed E-state index contributed by atoms with van der Waals surface area (Å²) in [4.78, 5) is 18.4. The van der Waals surface area contributed by atoms with E-state index in [0.717, 1.165) is 25.8 Å². The van der Waals surface area contributed by atoms with Crippen molar-refractivity contribution in [1.82, 2.24) is 9.88 Å². The topological polar surface area (TPSA) is 33.2 Å². The average Bonchev–Trinajstić information content (AvgIpc) is 2.32. The number of hydrogen-bond donors (Lipinski definition) is 0. The van der Waals surface area contributed by atoms with Crippen LogP contribution in [0.3, 0.4) is 0 Å². The van der Waals surface area contributed by atoms with Crippen LogP contribution in [0.15, 0.2) is 24.4 Å². The highest BCUT2D eigenvalue weighted by atomic mass is 35.5. The largest absolute Gasteiger partial charge is 0.334 e. The van der Waals surface area contributed by atoms with E-state index in [1.807, 2.05) is 17.0 Å². The zero-order valence-electron chi connectivity index (χ0n) is 9.81. The van der Waals surface area contributed by atoms with Crippen molar-refractivity contribution in [2.24, 2.45) is 0 Å². The van der Waals surface area contributed by atoms with Gasteiger partial charge in [0.05, 0.1) is 0 Å². The molecule has 0 radical (unpaired) electrons. The Morgan fingerprint density at radius 1 is 1.47 bits per heavy atom. The van der Waals surface area contributed by atoms with E-state index in [0.29, 0.717) is 17.6 Å². The van der Waals surface area contributed by atoms with Crippen LogP contribution < -0.4 is 0 Å². The Hall–Kier alpha value is -1.09. The van der Waals surface area contributed by atoms with Gasteiger partial charge in [-0.05, 0) is 37.8 Å². The summed E-state index contributed by atoms with van der Waals surface area (Å²) >= 11 is 5.71. The molecule has 0 N–H and O–H groups in total. The zero-order chi connectivity index (χ0) is 12.1. The molecule has 0 aromatic carbocycles. The van der Waals surface area contributed by atoms with Crippen molar-refractivity contribution in [2.75, 3.05) is 12.4 Å². The zero-order valence-corrected chi connectivity index (χ0v) is 10.6. The summed E-state index contributed by atoms with van der Waals surface area (Å²) in [6.07, 6.45) is 5.95. The second-order valence-corrected chi connectivity index (χ2v) is 4.72. The monoisotopic (exact) mass is 252 g/mol. The first-order chi connectivity index (χ1) is 8.33. The molecule has 1 fully saturated rings. The van der Waals surface area contributed by atoms with Gasteiger partial charge in [0.2, 0.25) is 0 Å². The van der Waals surface area contributed by atoms with Crippen molar-refractivity contribution in [2.45, 2.75) is 31.7 Å². The molecule has 17 heavy (non-hydrogen) atoms. The van der Waals surface area contributed by atoms with Gasteiger partial charge in [0.1, 0.15) is 5.69 Å². The van der Waals surface area contributed by atoms with Crippen LogP contribution in [0.5, 0.6) is 0 Å². The van der Waals surface area contributed by atoms with E-state index in [1.165, 1.54) is 6.42 Å². The molecule has 3 nitrogen and oxygen atoms in total. The minimum absolute atomic E-state index is 0.0421. The Balaban J connectivity index is 2.06. The number of nitrogens with zero attached hydrogens (tertiary/aromatic N) is 2. The molecular weight excluding hydrogens is 236 g/mol. The Bertz CT molecular complexity index is 365. The van der Waals surface area contributed by atoms with Crippen molar-refractivity contribution in [3.63, 3.8) is 0 Å². The van der Waals surface area contributed by atoms with Gasteiger partial charge in [-0.15, -0.1) is 11.6 Å². The van der Waals surface area contributed by atoms with Crippen LogP contribution in [0.25, 0.3) is 0 Å². The summed E-state index contributed by atoms with van der Waals surface area (Å²) in [5.74, 6) is 0.638. The van der Waals surface area contributed by atoms with Crippen LogP contribution in [-0.2, 0) is 0 Å². The Labute approximate surface area is 107 Å². The molecule has 1 heterocycles. The first kappa shape index (κ1) is 12.4. The van der Waals surface area contributed by atoms with Gasteiger partial charge >= 0.3 is 0 Å². The highest BCUT2D eigenvalue weighted by Gasteiger charge is 2.29. The summed E-state index contributed by atoms with van der Waals surface area (Å²) < 4.78 is 0. The van der Waals surface area contributed by atoms with Crippen LogP contribution in [0.4, 0.5) is 0 Å². The Kier molecular flexibility index (Phi) is 4.37. The number of halogens is 1. The standard InChI is InChI=1S/C13H17ClN2O/c14-8-4-10-16(11-5-3-6-11)13(17)12-7-1-2-9-15-12/h1-2,7,9,11H,3-6,8,10H2. The van der Waals surface area contributed by atoms with Crippen LogP contribution in [0.2, 0.25) is 0 Å².